The van der Waals surface area contributed by atoms with Crippen LogP contribution in [0.1, 0.15) is 45.0 Å². The number of carbonyl (C=O) groups is 1. The summed E-state index contributed by atoms with van der Waals surface area (Å²) in [4.78, 5) is 11.2. The van der Waals surface area contributed by atoms with Gasteiger partial charge in [0.05, 0.1) is 11.2 Å². The van der Waals surface area contributed by atoms with E-state index in [-0.39, 0.29) is 24.1 Å². The minimum atomic E-state index is -0.365. The summed E-state index contributed by atoms with van der Waals surface area (Å²) in [5, 5.41) is 0. The van der Waals surface area contributed by atoms with Crippen LogP contribution >= 0.6 is 0 Å². The standard InChI is InChI=1S/C14H19BO3/c1-10(16)11-6-8-12(9-7-11)15-17-13(2,3)14(4,5)18-15/h6-9H,1-5H3. The van der Waals surface area contributed by atoms with Gasteiger partial charge < -0.3 is 9.31 Å². The fraction of sp³-hybridized carbons (Fsp3) is 0.500. The fourth-order valence-corrected chi connectivity index (χ4v) is 1.85. The number of hydrogen-bond donors (Lipinski definition) is 0. The average Bonchev–Trinajstić information content (AvgIpc) is 2.48. The van der Waals surface area contributed by atoms with E-state index in [0.29, 0.717) is 5.56 Å². The summed E-state index contributed by atoms with van der Waals surface area (Å²) in [6.45, 7) is 9.66. The maximum Gasteiger partial charge on any atom is 0.494 e. The molecule has 1 aromatic rings. The smallest absolute Gasteiger partial charge is 0.399 e. The lowest BCUT2D eigenvalue weighted by Gasteiger charge is -2.32. The first-order chi connectivity index (χ1) is 8.23. The molecule has 3 nitrogen and oxygen atoms in total. The monoisotopic (exact) mass is 246 g/mol. The molecule has 1 fully saturated rings. The number of ketones is 1. The number of hydrogen-bond acceptors (Lipinski definition) is 3. The van der Waals surface area contributed by atoms with Gasteiger partial charge in [-0.15, -0.1) is 0 Å². The molecule has 0 amide bonds. The predicted molar refractivity (Wildman–Crippen MR) is 72.2 cm³/mol. The van der Waals surface area contributed by atoms with E-state index in [1.807, 2.05) is 52.0 Å². The summed E-state index contributed by atoms with van der Waals surface area (Å²) >= 11 is 0. The molecule has 0 N–H and O–H groups in total. The van der Waals surface area contributed by atoms with Crippen molar-refractivity contribution in [3.8, 4) is 0 Å². The number of Topliss-reactive ketones (excluding diaryl/α,β-unsaturated/α-hetero) is 1. The highest BCUT2D eigenvalue weighted by Crippen LogP contribution is 2.36. The van der Waals surface area contributed by atoms with E-state index in [2.05, 4.69) is 0 Å². The normalized spacial score (nSPS) is 21.1. The minimum absolute atomic E-state index is 0.0652. The van der Waals surface area contributed by atoms with Gasteiger partial charge in [-0.05, 0) is 40.1 Å². The highest BCUT2D eigenvalue weighted by Gasteiger charge is 2.51. The largest absolute Gasteiger partial charge is 0.494 e. The SMILES string of the molecule is CC(=O)c1ccc(B2OC(C)(C)C(C)(C)O2)cc1. The van der Waals surface area contributed by atoms with E-state index >= 15 is 0 Å². The second-order valence-corrected chi connectivity index (χ2v) is 5.77. The first-order valence-electron chi connectivity index (χ1n) is 6.19. The third-order valence-electron chi connectivity index (χ3n) is 3.84. The van der Waals surface area contributed by atoms with Crippen LogP contribution in [-0.4, -0.2) is 24.1 Å². The lowest BCUT2D eigenvalue weighted by molar-refractivity contribution is 0.00578. The van der Waals surface area contributed by atoms with Crippen LogP contribution in [0.2, 0.25) is 0 Å². The maximum absolute atomic E-state index is 11.2. The summed E-state index contributed by atoms with van der Waals surface area (Å²) in [7, 11) is -0.365. The Kier molecular flexibility index (Phi) is 3.12. The van der Waals surface area contributed by atoms with Crippen LogP contribution < -0.4 is 5.46 Å². The Hall–Kier alpha value is -1.13. The van der Waals surface area contributed by atoms with Crippen LogP contribution in [0.15, 0.2) is 24.3 Å². The molecule has 0 saturated carbocycles. The van der Waals surface area contributed by atoms with Crippen molar-refractivity contribution < 1.29 is 14.1 Å². The van der Waals surface area contributed by atoms with E-state index in [1.165, 1.54) is 0 Å². The highest BCUT2D eigenvalue weighted by atomic mass is 16.7. The molecule has 96 valence electrons. The molecule has 0 aromatic heterocycles. The van der Waals surface area contributed by atoms with Crippen LogP contribution in [0.3, 0.4) is 0 Å². The minimum Gasteiger partial charge on any atom is -0.399 e. The summed E-state index contributed by atoms with van der Waals surface area (Å²) in [5.41, 5.74) is 0.974. The molecule has 2 rings (SSSR count). The lowest BCUT2D eigenvalue weighted by Crippen LogP contribution is -2.41. The summed E-state index contributed by atoms with van der Waals surface area (Å²) in [5.74, 6) is 0.0652. The maximum atomic E-state index is 11.2. The van der Waals surface area contributed by atoms with Crippen molar-refractivity contribution in [3.05, 3.63) is 29.8 Å². The number of carbonyl (C=O) groups excluding carboxylic acids is 1. The molecular weight excluding hydrogens is 227 g/mol. The molecule has 0 unspecified atom stereocenters. The van der Waals surface area contributed by atoms with Gasteiger partial charge in [-0.1, -0.05) is 24.3 Å². The fourth-order valence-electron chi connectivity index (χ4n) is 1.85. The molecular formula is C14H19BO3. The van der Waals surface area contributed by atoms with Crippen molar-refractivity contribution >= 4 is 18.4 Å². The van der Waals surface area contributed by atoms with Gasteiger partial charge in [0.2, 0.25) is 0 Å². The Bertz CT molecular complexity index is 446. The first kappa shape index (κ1) is 13.3. The van der Waals surface area contributed by atoms with Gasteiger partial charge in [-0.25, -0.2) is 0 Å². The lowest BCUT2D eigenvalue weighted by atomic mass is 9.79. The van der Waals surface area contributed by atoms with Gasteiger partial charge >= 0.3 is 7.12 Å². The highest BCUT2D eigenvalue weighted by molar-refractivity contribution is 6.62. The zero-order chi connectivity index (χ0) is 13.6. The molecule has 0 aliphatic carbocycles. The molecule has 0 bridgehead atoms. The van der Waals surface area contributed by atoms with Crippen molar-refractivity contribution in [2.24, 2.45) is 0 Å². The third-order valence-corrected chi connectivity index (χ3v) is 3.84. The molecule has 0 radical (unpaired) electrons. The van der Waals surface area contributed by atoms with Crippen LogP contribution in [-0.2, 0) is 9.31 Å². The van der Waals surface area contributed by atoms with Gasteiger partial charge in [0.15, 0.2) is 5.78 Å². The Balaban J connectivity index is 2.22. The Morgan fingerprint density at radius 3 is 1.83 bits per heavy atom. The molecule has 4 heteroatoms. The van der Waals surface area contributed by atoms with E-state index in [0.717, 1.165) is 5.46 Å². The van der Waals surface area contributed by atoms with Gasteiger partial charge in [0, 0.05) is 5.56 Å². The van der Waals surface area contributed by atoms with Crippen molar-refractivity contribution in [3.63, 3.8) is 0 Å². The van der Waals surface area contributed by atoms with Crippen molar-refractivity contribution in [2.75, 3.05) is 0 Å². The molecule has 1 aliphatic heterocycles. The summed E-state index contributed by atoms with van der Waals surface area (Å²) in [6.07, 6.45) is 0. The van der Waals surface area contributed by atoms with Crippen molar-refractivity contribution in [2.45, 2.75) is 45.8 Å². The van der Waals surface area contributed by atoms with E-state index in [4.69, 9.17) is 9.31 Å². The quantitative estimate of drug-likeness (QED) is 0.592. The second-order valence-electron chi connectivity index (χ2n) is 5.77. The van der Waals surface area contributed by atoms with Gasteiger partial charge in [0.25, 0.3) is 0 Å². The molecule has 1 aromatic carbocycles. The summed E-state index contributed by atoms with van der Waals surface area (Å²) in [6, 6.07) is 7.39. The Morgan fingerprint density at radius 1 is 1.00 bits per heavy atom. The van der Waals surface area contributed by atoms with E-state index < -0.39 is 0 Å². The van der Waals surface area contributed by atoms with Crippen LogP contribution in [0, 0.1) is 0 Å². The van der Waals surface area contributed by atoms with Crippen molar-refractivity contribution in [1.82, 2.24) is 0 Å². The van der Waals surface area contributed by atoms with Crippen LogP contribution in [0.5, 0.6) is 0 Å². The van der Waals surface area contributed by atoms with Crippen LogP contribution in [0.4, 0.5) is 0 Å². The van der Waals surface area contributed by atoms with Crippen molar-refractivity contribution in [1.29, 1.82) is 0 Å². The average molecular weight is 246 g/mol. The predicted octanol–water partition coefficient (Wildman–Crippen LogP) is 2.19. The molecule has 0 atom stereocenters. The molecule has 1 aliphatic rings. The van der Waals surface area contributed by atoms with Gasteiger partial charge in [-0.3, -0.25) is 4.79 Å². The zero-order valence-electron chi connectivity index (χ0n) is 11.6. The second kappa shape index (κ2) is 4.21. The van der Waals surface area contributed by atoms with Gasteiger partial charge in [-0.2, -0.15) is 0 Å². The summed E-state index contributed by atoms with van der Waals surface area (Å²) < 4.78 is 11.9. The molecule has 1 heterocycles. The number of rotatable bonds is 2. The first-order valence-corrected chi connectivity index (χ1v) is 6.19. The molecule has 18 heavy (non-hydrogen) atoms. The Morgan fingerprint density at radius 2 is 1.44 bits per heavy atom. The molecule has 1 saturated heterocycles. The number of benzene rings is 1. The van der Waals surface area contributed by atoms with E-state index in [1.54, 1.807) is 6.92 Å². The Labute approximate surface area is 109 Å². The van der Waals surface area contributed by atoms with Crippen LogP contribution in [0.25, 0.3) is 0 Å². The zero-order valence-corrected chi connectivity index (χ0v) is 11.6. The van der Waals surface area contributed by atoms with E-state index in [9.17, 15) is 4.79 Å². The third kappa shape index (κ3) is 2.23. The van der Waals surface area contributed by atoms with Gasteiger partial charge in [0.1, 0.15) is 0 Å². The molecule has 0 spiro atoms. The topological polar surface area (TPSA) is 35.5 Å².